The fraction of sp³-hybridized carbons (Fsp3) is 0.273. The maximum atomic E-state index is 12.6. The molecule has 0 unspecified atom stereocenters. The average molecular weight is 394 g/mol. The van der Waals surface area contributed by atoms with Crippen LogP contribution < -0.4 is 0 Å². The highest BCUT2D eigenvalue weighted by molar-refractivity contribution is 6.21. The Morgan fingerprint density at radius 2 is 1.66 bits per heavy atom. The Bertz CT molecular complexity index is 968. The summed E-state index contributed by atoms with van der Waals surface area (Å²) in [4.78, 5) is 51.6. The number of carbonyl (C=O) groups excluding carboxylic acids is 4. The molecule has 1 aliphatic heterocycles. The Labute approximate surface area is 168 Å². The summed E-state index contributed by atoms with van der Waals surface area (Å²) < 4.78 is 5.17. The van der Waals surface area contributed by atoms with Crippen molar-refractivity contribution in [3.63, 3.8) is 0 Å². The lowest BCUT2D eigenvalue weighted by Crippen LogP contribution is -2.39. The molecule has 0 spiro atoms. The van der Waals surface area contributed by atoms with Crippen molar-refractivity contribution in [2.24, 2.45) is 0 Å². The highest BCUT2D eigenvalue weighted by Gasteiger charge is 2.33. The molecule has 0 radical (unpaired) electrons. The van der Waals surface area contributed by atoms with Crippen molar-refractivity contribution in [3.8, 4) is 0 Å². The van der Waals surface area contributed by atoms with Crippen LogP contribution in [0.5, 0.6) is 0 Å². The molecule has 0 N–H and O–H groups in total. The number of rotatable bonds is 6. The van der Waals surface area contributed by atoms with Gasteiger partial charge in [-0.15, -0.1) is 0 Å². The zero-order chi connectivity index (χ0) is 21.1. The number of hydrogen-bond acceptors (Lipinski definition) is 5. The van der Waals surface area contributed by atoms with Crippen LogP contribution in [0.1, 0.15) is 50.5 Å². The van der Waals surface area contributed by atoms with Crippen molar-refractivity contribution in [1.82, 2.24) is 9.80 Å². The standard InChI is InChI=1S/C22H22N2O5/c1-14(2)24(12-15-7-5-4-6-8-15)19(25)13-29-22(28)16-9-10-17-18(11-16)21(27)23(3)20(17)26/h4-11,14H,12-13H2,1-3H3. The lowest BCUT2D eigenvalue weighted by molar-refractivity contribution is -0.136. The minimum Gasteiger partial charge on any atom is -0.452 e. The fourth-order valence-electron chi connectivity index (χ4n) is 3.12. The van der Waals surface area contributed by atoms with Gasteiger partial charge in [0, 0.05) is 19.6 Å². The average Bonchev–Trinajstić information content (AvgIpc) is 2.94. The van der Waals surface area contributed by atoms with Crippen molar-refractivity contribution >= 4 is 23.7 Å². The second-order valence-electron chi connectivity index (χ2n) is 7.11. The van der Waals surface area contributed by atoms with E-state index in [-0.39, 0.29) is 28.6 Å². The summed E-state index contributed by atoms with van der Waals surface area (Å²) in [6, 6.07) is 13.7. The summed E-state index contributed by atoms with van der Waals surface area (Å²) in [7, 11) is 1.38. The van der Waals surface area contributed by atoms with Gasteiger partial charge in [0.15, 0.2) is 6.61 Å². The lowest BCUT2D eigenvalue weighted by atomic mass is 10.1. The second kappa shape index (κ2) is 8.26. The number of esters is 1. The Balaban J connectivity index is 1.66. The van der Waals surface area contributed by atoms with Crippen molar-refractivity contribution < 1.29 is 23.9 Å². The number of fused-ring (bicyclic) bond motifs is 1. The minimum absolute atomic E-state index is 0.0689. The molecular weight excluding hydrogens is 372 g/mol. The Morgan fingerprint density at radius 1 is 1.00 bits per heavy atom. The number of ether oxygens (including phenoxy) is 1. The third-order valence-corrected chi connectivity index (χ3v) is 4.79. The van der Waals surface area contributed by atoms with Crippen LogP contribution in [-0.2, 0) is 16.1 Å². The minimum atomic E-state index is -0.723. The lowest BCUT2D eigenvalue weighted by Gasteiger charge is -2.26. The van der Waals surface area contributed by atoms with Gasteiger partial charge in [0.25, 0.3) is 17.7 Å². The maximum Gasteiger partial charge on any atom is 0.338 e. The van der Waals surface area contributed by atoms with E-state index in [1.165, 1.54) is 25.2 Å². The van der Waals surface area contributed by atoms with E-state index in [0.717, 1.165) is 10.5 Å². The zero-order valence-corrected chi connectivity index (χ0v) is 16.5. The quantitative estimate of drug-likeness (QED) is 0.555. The topological polar surface area (TPSA) is 84.0 Å². The van der Waals surface area contributed by atoms with Crippen LogP contribution >= 0.6 is 0 Å². The van der Waals surface area contributed by atoms with Crippen LogP contribution in [0.15, 0.2) is 48.5 Å². The highest BCUT2D eigenvalue weighted by Crippen LogP contribution is 2.23. The van der Waals surface area contributed by atoms with Gasteiger partial charge in [-0.05, 0) is 37.6 Å². The van der Waals surface area contributed by atoms with Gasteiger partial charge in [-0.1, -0.05) is 30.3 Å². The first kappa shape index (κ1) is 20.3. The molecular formula is C22H22N2O5. The van der Waals surface area contributed by atoms with E-state index in [2.05, 4.69) is 0 Å². The molecule has 3 amide bonds. The van der Waals surface area contributed by atoms with Gasteiger partial charge in [-0.2, -0.15) is 0 Å². The summed E-state index contributed by atoms with van der Waals surface area (Å²) in [5.74, 6) is -1.91. The molecule has 1 aliphatic rings. The first-order chi connectivity index (χ1) is 13.8. The molecule has 0 saturated heterocycles. The van der Waals surface area contributed by atoms with Crippen LogP contribution in [0.3, 0.4) is 0 Å². The third kappa shape index (κ3) is 4.18. The molecule has 7 heteroatoms. The van der Waals surface area contributed by atoms with E-state index in [1.807, 2.05) is 44.2 Å². The molecule has 0 aromatic heterocycles. The molecule has 0 aliphatic carbocycles. The van der Waals surface area contributed by atoms with Gasteiger partial charge < -0.3 is 9.64 Å². The van der Waals surface area contributed by atoms with Crippen LogP contribution in [0.2, 0.25) is 0 Å². The predicted octanol–water partition coefficient (Wildman–Crippen LogP) is 2.51. The van der Waals surface area contributed by atoms with E-state index in [9.17, 15) is 19.2 Å². The molecule has 0 bridgehead atoms. The SMILES string of the molecule is CC(C)N(Cc1ccccc1)C(=O)COC(=O)c1ccc2c(c1)C(=O)N(C)C2=O. The Hall–Kier alpha value is -3.48. The number of imide groups is 1. The summed E-state index contributed by atoms with van der Waals surface area (Å²) in [5, 5.41) is 0. The van der Waals surface area contributed by atoms with Gasteiger partial charge in [-0.3, -0.25) is 19.3 Å². The van der Waals surface area contributed by atoms with Gasteiger partial charge in [-0.25, -0.2) is 4.79 Å². The van der Waals surface area contributed by atoms with Crippen molar-refractivity contribution in [3.05, 3.63) is 70.8 Å². The zero-order valence-electron chi connectivity index (χ0n) is 16.5. The molecule has 7 nitrogen and oxygen atoms in total. The molecule has 150 valence electrons. The van der Waals surface area contributed by atoms with E-state index in [0.29, 0.717) is 6.54 Å². The highest BCUT2D eigenvalue weighted by atomic mass is 16.5. The molecule has 3 rings (SSSR count). The fourth-order valence-corrected chi connectivity index (χ4v) is 3.12. The number of nitrogens with zero attached hydrogens (tertiary/aromatic N) is 2. The monoisotopic (exact) mass is 394 g/mol. The predicted molar refractivity (Wildman–Crippen MR) is 105 cm³/mol. The number of hydrogen-bond donors (Lipinski definition) is 0. The summed E-state index contributed by atoms with van der Waals surface area (Å²) in [6.45, 7) is 3.79. The maximum absolute atomic E-state index is 12.6. The van der Waals surface area contributed by atoms with Gasteiger partial charge in [0.2, 0.25) is 0 Å². The van der Waals surface area contributed by atoms with Crippen molar-refractivity contribution in [1.29, 1.82) is 0 Å². The van der Waals surface area contributed by atoms with Gasteiger partial charge >= 0.3 is 5.97 Å². The number of benzene rings is 2. The van der Waals surface area contributed by atoms with Crippen LogP contribution in [-0.4, -0.2) is 53.2 Å². The van der Waals surface area contributed by atoms with E-state index < -0.39 is 24.4 Å². The normalized spacial score (nSPS) is 12.9. The van der Waals surface area contributed by atoms with E-state index >= 15 is 0 Å². The second-order valence-corrected chi connectivity index (χ2v) is 7.11. The van der Waals surface area contributed by atoms with Crippen LogP contribution in [0.25, 0.3) is 0 Å². The molecule has 0 fully saturated rings. The van der Waals surface area contributed by atoms with E-state index in [1.54, 1.807) is 4.90 Å². The summed E-state index contributed by atoms with van der Waals surface area (Å²) >= 11 is 0. The summed E-state index contributed by atoms with van der Waals surface area (Å²) in [6.07, 6.45) is 0. The summed E-state index contributed by atoms with van der Waals surface area (Å²) in [5.41, 5.74) is 1.50. The largest absolute Gasteiger partial charge is 0.452 e. The molecule has 2 aromatic rings. The Morgan fingerprint density at radius 3 is 2.31 bits per heavy atom. The van der Waals surface area contributed by atoms with Gasteiger partial charge in [0.1, 0.15) is 0 Å². The Kier molecular flexibility index (Phi) is 5.77. The molecule has 29 heavy (non-hydrogen) atoms. The third-order valence-electron chi connectivity index (χ3n) is 4.79. The first-order valence-electron chi connectivity index (χ1n) is 9.26. The van der Waals surface area contributed by atoms with Gasteiger partial charge in [0.05, 0.1) is 16.7 Å². The van der Waals surface area contributed by atoms with Crippen molar-refractivity contribution in [2.45, 2.75) is 26.4 Å². The molecule has 0 saturated carbocycles. The molecule has 2 aromatic carbocycles. The number of carbonyl (C=O) groups is 4. The molecule has 0 atom stereocenters. The molecule has 1 heterocycles. The number of amides is 3. The van der Waals surface area contributed by atoms with E-state index in [4.69, 9.17) is 4.74 Å². The van der Waals surface area contributed by atoms with Crippen LogP contribution in [0, 0.1) is 0 Å². The smallest absolute Gasteiger partial charge is 0.338 e. The first-order valence-corrected chi connectivity index (χ1v) is 9.26. The van der Waals surface area contributed by atoms with Crippen LogP contribution in [0.4, 0.5) is 0 Å². The van der Waals surface area contributed by atoms with Crippen molar-refractivity contribution in [2.75, 3.05) is 13.7 Å².